The molecule has 1 amide bonds. The van der Waals surface area contributed by atoms with Gasteiger partial charge in [-0.15, -0.1) is 0 Å². The first-order chi connectivity index (χ1) is 10.1. The van der Waals surface area contributed by atoms with Crippen LogP contribution in [0.4, 0.5) is 0 Å². The fourth-order valence-corrected chi connectivity index (χ4v) is 2.84. The summed E-state index contributed by atoms with van der Waals surface area (Å²) in [5.74, 6) is 0.540. The van der Waals surface area contributed by atoms with Crippen LogP contribution in [-0.2, 0) is 11.3 Å². The molecule has 110 valence electrons. The number of pyridine rings is 1. The number of amides is 1. The Morgan fingerprint density at radius 2 is 2.10 bits per heavy atom. The SMILES string of the molecule is CC(=O)N1CCC(Cn2cnc3ncccc3c2=O)CC1. The van der Waals surface area contributed by atoms with Crippen molar-refractivity contribution in [2.75, 3.05) is 13.1 Å². The number of carbonyl (C=O) groups excluding carboxylic acids is 1. The van der Waals surface area contributed by atoms with Gasteiger partial charge < -0.3 is 4.90 Å². The Bertz CT molecular complexity index is 717. The number of hydrogen-bond donors (Lipinski definition) is 0. The highest BCUT2D eigenvalue weighted by molar-refractivity contribution is 5.73. The lowest BCUT2D eigenvalue weighted by atomic mass is 9.96. The Balaban J connectivity index is 1.76. The minimum absolute atomic E-state index is 0.0397. The van der Waals surface area contributed by atoms with Gasteiger partial charge in [0.15, 0.2) is 5.65 Å². The van der Waals surface area contributed by atoms with Gasteiger partial charge in [-0.25, -0.2) is 9.97 Å². The average molecular weight is 286 g/mol. The second-order valence-electron chi connectivity index (χ2n) is 5.53. The lowest BCUT2D eigenvalue weighted by molar-refractivity contribution is -0.130. The maximum atomic E-state index is 12.4. The maximum Gasteiger partial charge on any atom is 0.262 e. The molecule has 2 aromatic rings. The van der Waals surface area contributed by atoms with Crippen LogP contribution in [0.3, 0.4) is 0 Å². The molecule has 0 radical (unpaired) electrons. The average Bonchev–Trinajstić information content (AvgIpc) is 2.51. The van der Waals surface area contributed by atoms with Crippen LogP contribution >= 0.6 is 0 Å². The van der Waals surface area contributed by atoms with Gasteiger partial charge in [0, 0.05) is 32.8 Å². The smallest absolute Gasteiger partial charge is 0.262 e. The highest BCUT2D eigenvalue weighted by Crippen LogP contribution is 2.18. The van der Waals surface area contributed by atoms with Crippen LogP contribution in [0.1, 0.15) is 19.8 Å². The Morgan fingerprint density at radius 3 is 2.81 bits per heavy atom. The molecule has 2 aromatic heterocycles. The van der Waals surface area contributed by atoms with Gasteiger partial charge in [0.05, 0.1) is 11.7 Å². The first-order valence-corrected chi connectivity index (χ1v) is 7.21. The fourth-order valence-electron chi connectivity index (χ4n) is 2.84. The molecule has 3 heterocycles. The van der Waals surface area contributed by atoms with Crippen LogP contribution in [0, 0.1) is 5.92 Å². The van der Waals surface area contributed by atoms with Crippen molar-refractivity contribution in [3.63, 3.8) is 0 Å². The molecule has 1 aliphatic heterocycles. The van der Waals surface area contributed by atoms with E-state index in [2.05, 4.69) is 9.97 Å². The van der Waals surface area contributed by atoms with Gasteiger partial charge in [-0.1, -0.05) is 0 Å². The van der Waals surface area contributed by atoms with E-state index < -0.39 is 0 Å². The number of carbonyl (C=O) groups is 1. The molecule has 0 N–H and O–H groups in total. The van der Waals surface area contributed by atoms with Crippen molar-refractivity contribution < 1.29 is 4.79 Å². The first kappa shape index (κ1) is 13.7. The van der Waals surface area contributed by atoms with Crippen molar-refractivity contribution in [3.8, 4) is 0 Å². The number of piperidine rings is 1. The monoisotopic (exact) mass is 286 g/mol. The lowest BCUT2D eigenvalue weighted by Crippen LogP contribution is -2.38. The molecule has 3 rings (SSSR count). The summed E-state index contributed by atoms with van der Waals surface area (Å²) in [6.07, 6.45) is 5.07. The van der Waals surface area contributed by atoms with E-state index in [1.54, 1.807) is 36.1 Å². The lowest BCUT2D eigenvalue weighted by Gasteiger charge is -2.31. The van der Waals surface area contributed by atoms with E-state index in [0.717, 1.165) is 25.9 Å². The molecule has 0 saturated carbocycles. The Kier molecular flexibility index (Phi) is 3.68. The van der Waals surface area contributed by atoms with Gasteiger partial charge in [-0.3, -0.25) is 14.2 Å². The molecule has 0 aliphatic carbocycles. The van der Waals surface area contributed by atoms with Gasteiger partial charge in [-0.2, -0.15) is 0 Å². The standard InChI is InChI=1S/C15H18N4O2/c1-11(20)18-7-4-12(5-8-18)9-19-10-17-14-13(15(19)21)3-2-6-16-14/h2-3,6,10,12H,4-5,7-9H2,1H3. The van der Waals surface area contributed by atoms with Gasteiger partial charge in [0.2, 0.25) is 5.91 Å². The summed E-state index contributed by atoms with van der Waals surface area (Å²) in [6.45, 7) is 3.81. The van der Waals surface area contributed by atoms with Crippen LogP contribution in [0.5, 0.6) is 0 Å². The van der Waals surface area contributed by atoms with Crippen LogP contribution in [0.2, 0.25) is 0 Å². The number of hydrogen-bond acceptors (Lipinski definition) is 4. The third-order valence-corrected chi connectivity index (χ3v) is 4.11. The van der Waals surface area contributed by atoms with Crippen molar-refractivity contribution in [1.29, 1.82) is 0 Å². The summed E-state index contributed by atoms with van der Waals surface area (Å²) in [5.41, 5.74) is 0.451. The first-order valence-electron chi connectivity index (χ1n) is 7.21. The molecule has 1 fully saturated rings. The summed E-state index contributed by atoms with van der Waals surface area (Å²) in [5, 5.41) is 0.557. The third-order valence-electron chi connectivity index (χ3n) is 4.11. The zero-order valence-corrected chi connectivity index (χ0v) is 12.0. The predicted octanol–water partition coefficient (Wildman–Crippen LogP) is 1.05. The second kappa shape index (κ2) is 5.63. The van der Waals surface area contributed by atoms with Crippen LogP contribution in [0.25, 0.3) is 11.0 Å². The van der Waals surface area contributed by atoms with Crippen molar-refractivity contribution in [2.45, 2.75) is 26.3 Å². The fraction of sp³-hybridized carbons (Fsp3) is 0.467. The molecule has 21 heavy (non-hydrogen) atoms. The summed E-state index contributed by atoms with van der Waals surface area (Å²) in [6, 6.07) is 3.51. The molecular weight excluding hydrogens is 268 g/mol. The molecule has 0 bridgehead atoms. The normalized spacial score (nSPS) is 16.3. The Morgan fingerprint density at radius 1 is 1.33 bits per heavy atom. The highest BCUT2D eigenvalue weighted by Gasteiger charge is 2.21. The second-order valence-corrected chi connectivity index (χ2v) is 5.53. The van der Waals surface area contributed by atoms with Crippen LogP contribution in [-0.4, -0.2) is 38.4 Å². The van der Waals surface area contributed by atoms with Gasteiger partial charge in [0.1, 0.15) is 0 Å². The molecule has 6 nitrogen and oxygen atoms in total. The van der Waals surface area contributed by atoms with Crippen LogP contribution in [0.15, 0.2) is 29.5 Å². The zero-order valence-electron chi connectivity index (χ0n) is 12.0. The van der Waals surface area contributed by atoms with E-state index in [0.29, 0.717) is 23.5 Å². The minimum atomic E-state index is -0.0397. The zero-order chi connectivity index (χ0) is 14.8. The van der Waals surface area contributed by atoms with E-state index in [1.165, 1.54) is 0 Å². The van der Waals surface area contributed by atoms with Crippen molar-refractivity contribution >= 4 is 16.9 Å². The van der Waals surface area contributed by atoms with Gasteiger partial charge >= 0.3 is 0 Å². The molecule has 1 aliphatic rings. The molecule has 0 spiro atoms. The third kappa shape index (κ3) is 2.79. The van der Waals surface area contributed by atoms with Crippen molar-refractivity contribution in [2.24, 2.45) is 5.92 Å². The topological polar surface area (TPSA) is 68.1 Å². The van der Waals surface area contributed by atoms with E-state index in [4.69, 9.17) is 0 Å². The Hall–Kier alpha value is -2.24. The summed E-state index contributed by atoms with van der Waals surface area (Å²) < 4.78 is 1.66. The molecule has 0 aromatic carbocycles. The number of nitrogens with zero attached hydrogens (tertiary/aromatic N) is 4. The van der Waals surface area contributed by atoms with E-state index in [-0.39, 0.29) is 11.5 Å². The maximum absolute atomic E-state index is 12.4. The van der Waals surface area contributed by atoms with E-state index >= 15 is 0 Å². The summed E-state index contributed by atoms with van der Waals surface area (Å²) >= 11 is 0. The minimum Gasteiger partial charge on any atom is -0.343 e. The molecular formula is C15H18N4O2. The Labute approximate surface area is 122 Å². The molecule has 0 unspecified atom stereocenters. The summed E-state index contributed by atoms with van der Waals surface area (Å²) in [4.78, 5) is 33.9. The van der Waals surface area contributed by atoms with E-state index in [1.807, 2.05) is 4.90 Å². The molecule has 1 saturated heterocycles. The number of fused-ring (bicyclic) bond motifs is 1. The number of likely N-dealkylation sites (tertiary alicyclic amines) is 1. The molecule has 6 heteroatoms. The summed E-state index contributed by atoms with van der Waals surface area (Å²) in [7, 11) is 0. The van der Waals surface area contributed by atoms with Crippen LogP contribution < -0.4 is 5.56 Å². The van der Waals surface area contributed by atoms with Gasteiger partial charge in [-0.05, 0) is 30.9 Å². The van der Waals surface area contributed by atoms with Gasteiger partial charge in [0.25, 0.3) is 5.56 Å². The largest absolute Gasteiger partial charge is 0.343 e. The highest BCUT2D eigenvalue weighted by atomic mass is 16.2. The van der Waals surface area contributed by atoms with Crippen molar-refractivity contribution in [3.05, 3.63) is 35.0 Å². The number of aromatic nitrogens is 3. The van der Waals surface area contributed by atoms with E-state index in [9.17, 15) is 9.59 Å². The van der Waals surface area contributed by atoms with Crippen molar-refractivity contribution in [1.82, 2.24) is 19.4 Å². The number of rotatable bonds is 2. The predicted molar refractivity (Wildman–Crippen MR) is 78.8 cm³/mol. The molecule has 0 atom stereocenters. The quantitative estimate of drug-likeness (QED) is 0.827.